The minimum atomic E-state index is -3.73. The van der Waals surface area contributed by atoms with Crippen molar-refractivity contribution in [2.45, 2.75) is 24.8 Å². The van der Waals surface area contributed by atoms with Crippen LogP contribution in [0.1, 0.15) is 25.5 Å². The Labute approximate surface area is 171 Å². The van der Waals surface area contributed by atoms with Gasteiger partial charge in [0.25, 0.3) is 0 Å². The third kappa shape index (κ3) is 5.39. The number of nitrogens with one attached hydrogen (secondary N) is 1. The lowest BCUT2D eigenvalue weighted by molar-refractivity contribution is -0.121. The zero-order valence-electron chi connectivity index (χ0n) is 14.4. The summed E-state index contributed by atoms with van der Waals surface area (Å²) < 4.78 is 28.3. The molecule has 0 aromatic heterocycles. The SMILES string of the molecule is CCN(CC(=O)NC(C)c1cccc(Br)c1)S(=O)(=O)c1ccc(Br)cc1. The maximum absolute atomic E-state index is 12.7. The number of sulfonamides is 1. The molecule has 0 saturated carbocycles. The molecule has 0 aliphatic carbocycles. The van der Waals surface area contributed by atoms with Crippen molar-refractivity contribution in [3.63, 3.8) is 0 Å². The summed E-state index contributed by atoms with van der Waals surface area (Å²) in [5.41, 5.74) is 0.937. The van der Waals surface area contributed by atoms with Crippen LogP contribution in [0.3, 0.4) is 0 Å². The highest BCUT2D eigenvalue weighted by molar-refractivity contribution is 9.10. The first-order valence-electron chi connectivity index (χ1n) is 8.04. The van der Waals surface area contributed by atoms with Gasteiger partial charge in [0.1, 0.15) is 0 Å². The highest BCUT2D eigenvalue weighted by Gasteiger charge is 2.25. The first-order valence-corrected chi connectivity index (χ1v) is 11.1. The summed E-state index contributed by atoms with van der Waals surface area (Å²) in [5, 5.41) is 2.85. The highest BCUT2D eigenvalue weighted by atomic mass is 79.9. The molecular weight excluding hydrogens is 484 g/mol. The Morgan fingerprint density at radius 3 is 2.35 bits per heavy atom. The van der Waals surface area contributed by atoms with E-state index in [1.165, 1.54) is 16.4 Å². The van der Waals surface area contributed by atoms with Gasteiger partial charge in [-0.15, -0.1) is 0 Å². The molecule has 5 nitrogen and oxygen atoms in total. The molecule has 0 aliphatic rings. The Morgan fingerprint density at radius 1 is 1.12 bits per heavy atom. The van der Waals surface area contributed by atoms with Gasteiger partial charge in [-0.05, 0) is 48.9 Å². The second-order valence-electron chi connectivity index (χ2n) is 5.73. The minimum absolute atomic E-state index is 0.162. The van der Waals surface area contributed by atoms with E-state index >= 15 is 0 Å². The normalized spacial score (nSPS) is 12.8. The predicted molar refractivity (Wildman–Crippen MR) is 109 cm³/mol. The van der Waals surface area contributed by atoms with E-state index in [0.717, 1.165) is 14.5 Å². The molecule has 140 valence electrons. The van der Waals surface area contributed by atoms with Gasteiger partial charge < -0.3 is 5.32 Å². The van der Waals surface area contributed by atoms with Crippen molar-refractivity contribution in [1.29, 1.82) is 0 Å². The summed E-state index contributed by atoms with van der Waals surface area (Å²) in [5.74, 6) is -0.347. The molecule has 8 heteroatoms. The van der Waals surface area contributed by atoms with Gasteiger partial charge in [-0.3, -0.25) is 4.79 Å². The zero-order chi connectivity index (χ0) is 19.3. The first-order chi connectivity index (χ1) is 12.2. The number of amides is 1. The predicted octanol–water partition coefficient (Wildman–Crippen LogP) is 4.10. The van der Waals surface area contributed by atoms with Crippen molar-refractivity contribution in [2.24, 2.45) is 0 Å². The molecule has 1 atom stereocenters. The van der Waals surface area contributed by atoms with Gasteiger partial charge in [0.15, 0.2) is 0 Å². The number of benzene rings is 2. The van der Waals surface area contributed by atoms with E-state index in [4.69, 9.17) is 0 Å². The van der Waals surface area contributed by atoms with Gasteiger partial charge in [0.2, 0.25) is 15.9 Å². The summed E-state index contributed by atoms with van der Waals surface area (Å²) in [4.78, 5) is 12.5. The fraction of sp³-hybridized carbons (Fsp3) is 0.278. The van der Waals surface area contributed by atoms with Crippen molar-refractivity contribution in [1.82, 2.24) is 9.62 Å². The summed E-state index contributed by atoms with van der Waals surface area (Å²) in [6.07, 6.45) is 0. The number of nitrogens with zero attached hydrogens (tertiary/aromatic N) is 1. The Hall–Kier alpha value is -1.22. The number of carbonyl (C=O) groups excluding carboxylic acids is 1. The summed E-state index contributed by atoms with van der Waals surface area (Å²) >= 11 is 6.69. The summed E-state index contributed by atoms with van der Waals surface area (Å²) in [6, 6.07) is 13.8. The fourth-order valence-electron chi connectivity index (χ4n) is 2.43. The van der Waals surface area contributed by atoms with Crippen molar-refractivity contribution in [3.05, 3.63) is 63.0 Å². The molecule has 0 aliphatic heterocycles. The summed E-state index contributed by atoms with van der Waals surface area (Å²) in [6.45, 7) is 3.55. The average molecular weight is 504 g/mol. The molecular formula is C18H20Br2N2O3S. The number of likely N-dealkylation sites (N-methyl/N-ethyl adjacent to an activating group) is 1. The third-order valence-corrected chi connectivity index (χ3v) is 6.81. The van der Waals surface area contributed by atoms with E-state index in [9.17, 15) is 13.2 Å². The van der Waals surface area contributed by atoms with Crippen molar-refractivity contribution in [2.75, 3.05) is 13.1 Å². The van der Waals surface area contributed by atoms with Gasteiger partial charge >= 0.3 is 0 Å². The quantitative estimate of drug-likeness (QED) is 0.618. The van der Waals surface area contributed by atoms with Crippen LogP contribution >= 0.6 is 31.9 Å². The van der Waals surface area contributed by atoms with Crippen LogP contribution in [-0.4, -0.2) is 31.7 Å². The second-order valence-corrected chi connectivity index (χ2v) is 9.50. The third-order valence-electron chi connectivity index (χ3n) is 3.85. The monoisotopic (exact) mass is 502 g/mol. The van der Waals surface area contributed by atoms with Crippen LogP contribution < -0.4 is 5.32 Å². The standard InChI is InChI=1S/C18H20Br2N2O3S/c1-3-22(26(24,25)17-9-7-15(19)8-10-17)12-18(23)21-13(2)14-5-4-6-16(20)11-14/h4-11,13H,3,12H2,1-2H3,(H,21,23). The molecule has 26 heavy (non-hydrogen) atoms. The molecule has 0 spiro atoms. The first kappa shape index (κ1) is 21.1. The van der Waals surface area contributed by atoms with E-state index in [1.54, 1.807) is 19.1 Å². The number of rotatable bonds is 7. The van der Waals surface area contributed by atoms with Gasteiger partial charge in [0.05, 0.1) is 17.5 Å². The molecule has 0 heterocycles. The van der Waals surface area contributed by atoms with Gasteiger partial charge in [-0.2, -0.15) is 4.31 Å². The molecule has 1 N–H and O–H groups in total. The Bertz CT molecular complexity index is 870. The van der Waals surface area contributed by atoms with Crippen LogP contribution in [0.25, 0.3) is 0 Å². The second kappa shape index (κ2) is 9.12. The van der Waals surface area contributed by atoms with E-state index < -0.39 is 10.0 Å². The largest absolute Gasteiger partial charge is 0.348 e. The summed E-state index contributed by atoms with van der Waals surface area (Å²) in [7, 11) is -3.73. The molecule has 2 aromatic carbocycles. The molecule has 2 aromatic rings. The molecule has 0 saturated heterocycles. The van der Waals surface area contributed by atoms with Crippen molar-refractivity contribution in [3.8, 4) is 0 Å². The number of hydrogen-bond donors (Lipinski definition) is 1. The van der Waals surface area contributed by atoms with E-state index in [-0.39, 0.29) is 29.9 Å². The Kier molecular flexibility index (Phi) is 7.40. The topological polar surface area (TPSA) is 66.5 Å². The maximum atomic E-state index is 12.7. The van der Waals surface area contributed by atoms with E-state index in [2.05, 4.69) is 37.2 Å². The van der Waals surface area contributed by atoms with E-state index in [1.807, 2.05) is 31.2 Å². The number of halogens is 2. The maximum Gasteiger partial charge on any atom is 0.243 e. The lowest BCUT2D eigenvalue weighted by Gasteiger charge is -2.22. The Morgan fingerprint density at radius 2 is 1.77 bits per heavy atom. The number of hydrogen-bond acceptors (Lipinski definition) is 3. The van der Waals surface area contributed by atoms with Gasteiger partial charge in [0, 0.05) is 15.5 Å². The Balaban J connectivity index is 2.09. The average Bonchev–Trinajstić information content (AvgIpc) is 2.59. The molecule has 1 amide bonds. The smallest absolute Gasteiger partial charge is 0.243 e. The van der Waals surface area contributed by atoms with Crippen molar-refractivity contribution >= 4 is 47.8 Å². The number of carbonyl (C=O) groups is 1. The van der Waals surface area contributed by atoms with Gasteiger partial charge in [-0.25, -0.2) is 8.42 Å². The molecule has 2 rings (SSSR count). The molecule has 0 fully saturated rings. The van der Waals surface area contributed by atoms with Crippen LogP contribution in [-0.2, 0) is 14.8 Å². The van der Waals surface area contributed by atoms with Crippen LogP contribution in [0.2, 0.25) is 0 Å². The molecule has 0 bridgehead atoms. The molecule has 0 radical (unpaired) electrons. The molecule has 1 unspecified atom stereocenters. The lowest BCUT2D eigenvalue weighted by atomic mass is 10.1. The minimum Gasteiger partial charge on any atom is -0.348 e. The van der Waals surface area contributed by atoms with Gasteiger partial charge in [-0.1, -0.05) is 50.9 Å². The van der Waals surface area contributed by atoms with E-state index in [0.29, 0.717) is 0 Å². The van der Waals surface area contributed by atoms with Crippen LogP contribution in [0.4, 0.5) is 0 Å². The van der Waals surface area contributed by atoms with Crippen LogP contribution in [0.15, 0.2) is 62.4 Å². The zero-order valence-corrected chi connectivity index (χ0v) is 18.4. The van der Waals surface area contributed by atoms with Crippen LogP contribution in [0, 0.1) is 0 Å². The fourth-order valence-corrected chi connectivity index (χ4v) is 4.52. The van der Waals surface area contributed by atoms with Crippen LogP contribution in [0.5, 0.6) is 0 Å². The lowest BCUT2D eigenvalue weighted by Crippen LogP contribution is -2.41. The highest BCUT2D eigenvalue weighted by Crippen LogP contribution is 2.20. The van der Waals surface area contributed by atoms with Crippen molar-refractivity contribution < 1.29 is 13.2 Å².